The van der Waals surface area contributed by atoms with Crippen molar-refractivity contribution >= 4 is 5.91 Å². The Morgan fingerprint density at radius 1 is 1.69 bits per heavy atom. The SMILES string of the molecule is CCN(C)C(=O)c1ccnc(F)c1. The summed E-state index contributed by atoms with van der Waals surface area (Å²) in [6.45, 7) is 2.46. The number of hydrogen-bond donors (Lipinski definition) is 0. The van der Waals surface area contributed by atoms with Gasteiger partial charge in [0.2, 0.25) is 5.95 Å². The molecule has 0 saturated carbocycles. The normalized spacial score (nSPS) is 9.77. The number of rotatable bonds is 2. The van der Waals surface area contributed by atoms with Gasteiger partial charge in [0.1, 0.15) is 0 Å². The van der Waals surface area contributed by atoms with Crippen LogP contribution in [0.2, 0.25) is 0 Å². The molecule has 0 aliphatic heterocycles. The van der Waals surface area contributed by atoms with Crippen molar-refractivity contribution in [2.24, 2.45) is 0 Å². The van der Waals surface area contributed by atoms with E-state index in [1.807, 2.05) is 6.92 Å². The predicted octanol–water partition coefficient (Wildman–Crippen LogP) is 1.31. The van der Waals surface area contributed by atoms with E-state index in [2.05, 4.69) is 4.98 Å². The molecule has 0 atom stereocenters. The topological polar surface area (TPSA) is 33.2 Å². The Bertz CT molecular complexity index is 314. The Balaban J connectivity index is 2.89. The van der Waals surface area contributed by atoms with E-state index >= 15 is 0 Å². The van der Waals surface area contributed by atoms with E-state index in [0.29, 0.717) is 12.1 Å². The summed E-state index contributed by atoms with van der Waals surface area (Å²) in [5, 5.41) is 0. The van der Waals surface area contributed by atoms with Crippen LogP contribution in [-0.2, 0) is 0 Å². The van der Waals surface area contributed by atoms with Crippen molar-refractivity contribution in [3.8, 4) is 0 Å². The van der Waals surface area contributed by atoms with Crippen molar-refractivity contribution in [3.05, 3.63) is 29.8 Å². The van der Waals surface area contributed by atoms with Gasteiger partial charge in [-0.05, 0) is 13.0 Å². The van der Waals surface area contributed by atoms with Crippen molar-refractivity contribution < 1.29 is 9.18 Å². The third kappa shape index (κ3) is 2.24. The lowest BCUT2D eigenvalue weighted by atomic mass is 10.2. The number of hydrogen-bond acceptors (Lipinski definition) is 2. The first-order valence-electron chi connectivity index (χ1n) is 4.02. The largest absolute Gasteiger partial charge is 0.342 e. The van der Waals surface area contributed by atoms with Crippen LogP contribution in [0, 0.1) is 5.95 Å². The average molecular weight is 182 g/mol. The van der Waals surface area contributed by atoms with Crippen molar-refractivity contribution in [2.45, 2.75) is 6.92 Å². The van der Waals surface area contributed by atoms with Crippen LogP contribution in [0.3, 0.4) is 0 Å². The number of nitrogens with zero attached hydrogens (tertiary/aromatic N) is 2. The molecule has 0 fully saturated rings. The van der Waals surface area contributed by atoms with Crippen LogP contribution in [0.5, 0.6) is 0 Å². The zero-order valence-corrected chi connectivity index (χ0v) is 7.62. The summed E-state index contributed by atoms with van der Waals surface area (Å²) in [5.74, 6) is -0.820. The van der Waals surface area contributed by atoms with Crippen molar-refractivity contribution in [2.75, 3.05) is 13.6 Å². The Morgan fingerprint density at radius 3 is 2.92 bits per heavy atom. The third-order valence-electron chi connectivity index (χ3n) is 1.79. The van der Waals surface area contributed by atoms with E-state index in [-0.39, 0.29) is 5.91 Å². The van der Waals surface area contributed by atoms with Gasteiger partial charge in [0.25, 0.3) is 5.91 Å². The molecule has 0 bridgehead atoms. The Kier molecular flexibility index (Phi) is 2.95. The van der Waals surface area contributed by atoms with Crippen LogP contribution in [0.4, 0.5) is 4.39 Å². The van der Waals surface area contributed by atoms with Crippen LogP contribution < -0.4 is 0 Å². The molecule has 70 valence electrons. The van der Waals surface area contributed by atoms with Crippen LogP contribution >= 0.6 is 0 Å². The summed E-state index contributed by atoms with van der Waals surface area (Å²) in [6, 6.07) is 2.63. The number of amides is 1. The van der Waals surface area contributed by atoms with Gasteiger partial charge in [-0.3, -0.25) is 4.79 Å². The van der Waals surface area contributed by atoms with Crippen LogP contribution in [0.1, 0.15) is 17.3 Å². The fraction of sp³-hybridized carbons (Fsp3) is 0.333. The number of pyridine rings is 1. The molecule has 0 saturated heterocycles. The number of aromatic nitrogens is 1. The highest BCUT2D eigenvalue weighted by molar-refractivity contribution is 5.93. The summed E-state index contributed by atoms with van der Waals surface area (Å²) >= 11 is 0. The molecule has 0 aromatic carbocycles. The molecule has 4 heteroatoms. The highest BCUT2D eigenvalue weighted by Gasteiger charge is 2.10. The fourth-order valence-corrected chi connectivity index (χ4v) is 0.899. The smallest absolute Gasteiger partial charge is 0.253 e. The van der Waals surface area contributed by atoms with Crippen molar-refractivity contribution in [3.63, 3.8) is 0 Å². The molecule has 3 nitrogen and oxygen atoms in total. The molecule has 0 radical (unpaired) electrons. The van der Waals surface area contributed by atoms with Gasteiger partial charge >= 0.3 is 0 Å². The van der Waals surface area contributed by atoms with E-state index in [9.17, 15) is 9.18 Å². The van der Waals surface area contributed by atoms with Crippen LogP contribution in [0.15, 0.2) is 18.3 Å². The molecule has 1 rings (SSSR count). The molecule has 1 heterocycles. The Hall–Kier alpha value is -1.45. The zero-order chi connectivity index (χ0) is 9.84. The molecular weight excluding hydrogens is 171 g/mol. The molecule has 0 spiro atoms. The molecule has 1 aromatic rings. The van der Waals surface area contributed by atoms with Gasteiger partial charge < -0.3 is 4.90 Å². The van der Waals surface area contributed by atoms with Crippen LogP contribution in [0.25, 0.3) is 0 Å². The zero-order valence-electron chi connectivity index (χ0n) is 7.62. The number of carbonyl (C=O) groups excluding carboxylic acids is 1. The standard InChI is InChI=1S/C9H11FN2O/c1-3-12(2)9(13)7-4-5-11-8(10)6-7/h4-6H,3H2,1-2H3. The Morgan fingerprint density at radius 2 is 2.38 bits per heavy atom. The second kappa shape index (κ2) is 3.98. The van der Waals surface area contributed by atoms with Crippen LogP contribution in [-0.4, -0.2) is 29.4 Å². The van der Waals surface area contributed by atoms with E-state index in [4.69, 9.17) is 0 Å². The molecule has 0 N–H and O–H groups in total. The van der Waals surface area contributed by atoms with Gasteiger partial charge in [-0.1, -0.05) is 0 Å². The maximum atomic E-state index is 12.6. The minimum atomic E-state index is -0.629. The highest BCUT2D eigenvalue weighted by atomic mass is 19.1. The highest BCUT2D eigenvalue weighted by Crippen LogP contribution is 2.03. The third-order valence-corrected chi connectivity index (χ3v) is 1.79. The summed E-state index contributed by atoms with van der Waals surface area (Å²) in [4.78, 5) is 16.3. The molecular formula is C9H11FN2O. The van der Waals surface area contributed by atoms with E-state index in [1.165, 1.54) is 17.2 Å². The first-order chi connectivity index (χ1) is 6.15. The Labute approximate surface area is 76.2 Å². The molecule has 1 aromatic heterocycles. The maximum absolute atomic E-state index is 12.6. The average Bonchev–Trinajstić information content (AvgIpc) is 2.15. The fourth-order valence-electron chi connectivity index (χ4n) is 0.899. The second-order valence-electron chi connectivity index (χ2n) is 2.69. The summed E-state index contributed by atoms with van der Waals surface area (Å²) in [7, 11) is 1.67. The van der Waals surface area contributed by atoms with Gasteiger partial charge in [0, 0.05) is 31.4 Å². The maximum Gasteiger partial charge on any atom is 0.253 e. The lowest BCUT2D eigenvalue weighted by Gasteiger charge is -2.13. The first kappa shape index (κ1) is 9.64. The molecule has 1 amide bonds. The first-order valence-corrected chi connectivity index (χ1v) is 4.02. The van der Waals surface area contributed by atoms with Crippen molar-refractivity contribution in [1.29, 1.82) is 0 Å². The van der Waals surface area contributed by atoms with E-state index < -0.39 is 5.95 Å². The lowest BCUT2D eigenvalue weighted by molar-refractivity contribution is 0.0801. The molecule has 0 unspecified atom stereocenters. The monoisotopic (exact) mass is 182 g/mol. The van der Waals surface area contributed by atoms with E-state index in [0.717, 1.165) is 6.07 Å². The summed E-state index contributed by atoms with van der Waals surface area (Å²) < 4.78 is 12.6. The summed E-state index contributed by atoms with van der Waals surface area (Å²) in [6.07, 6.45) is 1.28. The predicted molar refractivity (Wildman–Crippen MR) is 46.8 cm³/mol. The number of carbonyl (C=O) groups is 1. The number of halogens is 1. The molecule has 0 aliphatic carbocycles. The molecule has 13 heavy (non-hydrogen) atoms. The van der Waals surface area contributed by atoms with Gasteiger partial charge in [-0.2, -0.15) is 4.39 Å². The summed E-state index contributed by atoms with van der Waals surface area (Å²) in [5.41, 5.74) is 0.330. The quantitative estimate of drug-likeness (QED) is 0.646. The van der Waals surface area contributed by atoms with Gasteiger partial charge in [-0.15, -0.1) is 0 Å². The van der Waals surface area contributed by atoms with Gasteiger partial charge in [0.05, 0.1) is 0 Å². The minimum absolute atomic E-state index is 0.191. The van der Waals surface area contributed by atoms with Gasteiger partial charge in [0.15, 0.2) is 0 Å². The second-order valence-corrected chi connectivity index (χ2v) is 2.69. The van der Waals surface area contributed by atoms with E-state index in [1.54, 1.807) is 7.05 Å². The lowest BCUT2D eigenvalue weighted by Crippen LogP contribution is -2.26. The van der Waals surface area contributed by atoms with Crippen molar-refractivity contribution in [1.82, 2.24) is 9.88 Å². The minimum Gasteiger partial charge on any atom is -0.342 e. The van der Waals surface area contributed by atoms with Gasteiger partial charge in [-0.25, -0.2) is 4.98 Å². The molecule has 0 aliphatic rings.